The second kappa shape index (κ2) is 45.2. The molecule has 0 saturated carbocycles. The summed E-state index contributed by atoms with van der Waals surface area (Å²) in [4.78, 5) is 50.6. The van der Waals surface area contributed by atoms with Crippen molar-refractivity contribution in [2.24, 2.45) is 40.1 Å². The van der Waals surface area contributed by atoms with Crippen molar-refractivity contribution >= 4 is 167 Å². The van der Waals surface area contributed by atoms with Crippen LogP contribution in [0.25, 0.3) is 0 Å². The third kappa shape index (κ3) is 37.0. The summed E-state index contributed by atoms with van der Waals surface area (Å²) in [7, 11) is 0. The Balaban J connectivity index is -0.000000972. The number of rotatable bonds is 24. The number of halogens is 12. The molecule has 3 atom stereocenters. The Morgan fingerprint density at radius 1 is 0.638 bits per heavy atom. The predicted molar refractivity (Wildman–Crippen MR) is 283 cm³/mol. The number of nitrogens with two attached hydrogens (primary N) is 7. The summed E-state index contributed by atoms with van der Waals surface area (Å²) >= 11 is 33.4. The van der Waals surface area contributed by atoms with E-state index < -0.39 is 68.3 Å². The zero-order valence-corrected chi connectivity index (χ0v) is 46.3. The van der Waals surface area contributed by atoms with E-state index >= 15 is 0 Å². The molecule has 0 radical (unpaired) electrons. The van der Waals surface area contributed by atoms with Gasteiger partial charge in [0.25, 0.3) is 0 Å². The van der Waals surface area contributed by atoms with Gasteiger partial charge in [-0.3, -0.25) is 14.4 Å². The van der Waals surface area contributed by atoms with Gasteiger partial charge in [0, 0.05) is 84.2 Å². The third-order valence-electron chi connectivity index (χ3n) is 6.10. The van der Waals surface area contributed by atoms with Gasteiger partial charge in [-0.15, -0.1) is 23.5 Å². The van der Waals surface area contributed by atoms with E-state index in [1.165, 1.54) is 35.3 Å². The molecule has 69 heavy (non-hydrogen) atoms. The molecule has 0 saturated heterocycles. The number of aromatic nitrogens is 6. The Morgan fingerprint density at radius 3 is 1.35 bits per heavy atom. The molecule has 3 heterocycles. The van der Waals surface area contributed by atoms with Gasteiger partial charge in [-0.1, -0.05) is 66.7 Å². The van der Waals surface area contributed by atoms with Gasteiger partial charge in [0.2, 0.25) is 41.5 Å². The molecule has 0 aliphatic heterocycles. The number of primary amides is 3. The molecule has 0 aliphatic rings. The van der Waals surface area contributed by atoms with Crippen LogP contribution in [0, 0.1) is 42.0 Å². The van der Waals surface area contributed by atoms with E-state index in [1.54, 1.807) is 29.3 Å². The van der Waals surface area contributed by atoms with Crippen LogP contribution in [0.1, 0.15) is 0 Å². The minimum atomic E-state index is -1.47. The van der Waals surface area contributed by atoms with Crippen LogP contribution in [0.15, 0.2) is 0 Å². The first-order valence-electron chi connectivity index (χ1n) is 20.1. The zero-order chi connectivity index (χ0) is 55.6. The highest BCUT2D eigenvalue weighted by Crippen LogP contribution is 2.24. The van der Waals surface area contributed by atoms with Crippen molar-refractivity contribution in [2.75, 3.05) is 101 Å². The lowest BCUT2D eigenvalue weighted by molar-refractivity contribution is -0.118. The lowest BCUT2D eigenvalue weighted by atomic mass is 10.5. The van der Waals surface area contributed by atoms with E-state index in [0.717, 1.165) is 23.1 Å². The van der Waals surface area contributed by atoms with Crippen LogP contribution in [0.3, 0.4) is 0 Å². The van der Waals surface area contributed by atoms with E-state index in [0.29, 0.717) is 48.0 Å². The van der Waals surface area contributed by atoms with Gasteiger partial charge in [-0.05, 0) is 6.26 Å². The number of amides is 3. The van der Waals surface area contributed by atoms with Crippen molar-refractivity contribution < 1.29 is 49.4 Å². The number of alkyl halides is 2. The number of nitrogens with zero attached hydrogens (tertiary/aromatic N) is 6. The number of hydrogen-bond donors (Lipinski definition) is 10. The molecule has 3 amide bonds. The number of hydrogen-bond acceptors (Lipinski definition) is 21. The number of thiol groups is 1. The van der Waals surface area contributed by atoms with Crippen LogP contribution >= 0.6 is 138 Å². The number of carbonyl (C=O) groups is 3. The monoisotopic (exact) mass is 1300 g/mol. The molecule has 0 fully saturated rings. The van der Waals surface area contributed by atoms with Crippen molar-refractivity contribution in [1.29, 1.82) is 0 Å². The highest BCUT2D eigenvalue weighted by molar-refractivity contribution is 9.12. The fourth-order valence-corrected chi connectivity index (χ4v) is 7.88. The van der Waals surface area contributed by atoms with Gasteiger partial charge >= 0.3 is 18.2 Å². The second-order valence-electron chi connectivity index (χ2n) is 11.3. The molecule has 3 unspecified atom stereocenters. The van der Waals surface area contributed by atoms with Gasteiger partial charge in [-0.2, -0.15) is 109 Å². The third-order valence-corrected chi connectivity index (χ3v) is 15.0. The van der Waals surface area contributed by atoms with Crippen molar-refractivity contribution in [3.05, 3.63) is 57.1 Å². The SMILES string of the molecule is CSCN.Fc1nc(F)c(Cl)c(F)n1.NCCS.[2H]NC(=O)C(Br)CBr.[2H]NC(=O)C(CSCCN)SCCN.[2H]NC(=O)C(CSCCNc1nc(F)nc(F)c1Cl)SCCNc1nc(F)nc(F)c1Cl. The average Bonchev–Trinajstić information content (AvgIpc) is 3.37. The molecule has 0 spiro atoms. The van der Waals surface area contributed by atoms with Crippen LogP contribution in [0.5, 0.6) is 0 Å². The first kappa shape index (κ1) is 65.5. The normalized spacial score (nSPS) is 11.9. The van der Waals surface area contributed by atoms with Crippen molar-refractivity contribution in [3.8, 4) is 0 Å². The highest BCUT2D eigenvalue weighted by atomic mass is 79.9. The number of carbonyl (C=O) groups excluding carboxylic acids is 3. The lowest BCUT2D eigenvalue weighted by Crippen LogP contribution is -2.29. The van der Waals surface area contributed by atoms with Crippen LogP contribution in [-0.2, 0) is 14.4 Å². The maximum atomic E-state index is 13.3. The quantitative estimate of drug-likeness (QED) is 0.0112. The topological polar surface area (TPSA) is 335 Å². The summed E-state index contributed by atoms with van der Waals surface area (Å²) in [5.41, 5.74) is 26.1. The molecule has 18 nitrogen and oxygen atoms in total. The van der Waals surface area contributed by atoms with Crippen molar-refractivity contribution in [3.63, 3.8) is 0 Å². The fraction of sp³-hybridized carbons (Fsp3) is 0.545. The summed E-state index contributed by atoms with van der Waals surface area (Å²) < 4.78 is 109. The molecular formula is C33H51Br2Cl3F7N15O3S6. The molecule has 3 aromatic rings. The molecule has 396 valence electrons. The van der Waals surface area contributed by atoms with Gasteiger partial charge in [-0.25, -0.2) is 0 Å². The maximum Gasteiger partial charge on any atom is 0.314 e. The molecule has 3 aromatic heterocycles. The minimum Gasteiger partial charge on any atom is -0.369 e. The highest BCUT2D eigenvalue weighted by Gasteiger charge is 2.18. The van der Waals surface area contributed by atoms with Gasteiger partial charge < -0.3 is 50.7 Å². The van der Waals surface area contributed by atoms with Crippen LogP contribution < -0.4 is 50.7 Å². The molecule has 0 aromatic carbocycles. The standard InChI is InChI=1S/C15H15Cl2F4N7OS2.C7H17N3OS2.C4ClF3N2.C3H5Br2NO.2C2H7NS/c16-7-9(18)25-14(20)27-12(7)23-1-3-30-5-6(11(22)29)31-4-2-24-13-8(17)10(19)26-15(21)28-13;8-1-3-12-5-6(7(10)11)13-4-2-9;5-1-2(6)9-4(8)10-3(1)7;4-1-2(5)3(6)7;1-4-2-3;3-1-2-4/h6H,1-5H2,(H2,22,29)(H,23,25,27)(H,24,26,28);6H,1-5,8-9H2,(H2,10,11);;2H,1H2,(H2,6,7);2-3H2,1H3;4H,1-3H2/i/hD3. The molecule has 0 aliphatic carbocycles. The molecule has 0 bridgehead atoms. The Labute approximate surface area is 456 Å². The number of nitrogens with one attached hydrogen (secondary N) is 2. The number of thioether (sulfide) groups is 5. The Hall–Kier alpha value is -1.47. The molecule has 16 N–H and O–H groups in total. The van der Waals surface area contributed by atoms with Gasteiger partial charge in [0.05, 0.1) is 10.5 Å². The van der Waals surface area contributed by atoms with E-state index in [9.17, 15) is 45.1 Å². The van der Waals surface area contributed by atoms with Crippen molar-refractivity contribution in [2.45, 2.75) is 15.3 Å². The first-order chi connectivity index (χ1) is 34.1. The Kier molecular flexibility index (Phi) is 42.9. The summed E-state index contributed by atoms with van der Waals surface area (Å²) in [5.74, 6) is -1.82. The lowest BCUT2D eigenvalue weighted by Gasteiger charge is -2.14. The summed E-state index contributed by atoms with van der Waals surface area (Å²) in [6.07, 6.45) is -2.03. The molecule has 36 heteroatoms. The summed E-state index contributed by atoms with van der Waals surface area (Å²) in [5, 5.41) is 3.26. The van der Waals surface area contributed by atoms with Crippen LogP contribution in [0.4, 0.5) is 42.4 Å². The van der Waals surface area contributed by atoms with Crippen LogP contribution in [0.2, 0.25) is 19.3 Å². The number of anilines is 2. The van der Waals surface area contributed by atoms with E-state index in [2.05, 4.69) is 85.0 Å². The minimum absolute atomic E-state index is 0.178. The maximum absolute atomic E-state index is 13.3. The smallest absolute Gasteiger partial charge is 0.314 e. The van der Waals surface area contributed by atoms with Crippen LogP contribution in [-0.4, -0.2) is 153 Å². The van der Waals surface area contributed by atoms with Crippen molar-refractivity contribution in [1.82, 2.24) is 29.9 Å². The fourth-order valence-electron chi connectivity index (χ4n) is 3.15. The predicted octanol–water partition coefficient (Wildman–Crippen LogP) is 4.52. The molecular weight excluding hydrogens is 1250 g/mol. The average molecular weight is 1300 g/mol. The van der Waals surface area contributed by atoms with Gasteiger partial charge in [0.1, 0.15) is 14.9 Å². The Morgan fingerprint density at radius 2 is 1.00 bits per heavy atom. The second-order valence-corrected chi connectivity index (χ2v) is 20.4. The largest absolute Gasteiger partial charge is 0.369 e. The zero-order valence-electron chi connectivity index (χ0n) is 38.9. The Bertz CT molecular complexity index is 1960. The van der Waals surface area contributed by atoms with Gasteiger partial charge in [0.15, 0.2) is 20.9 Å². The summed E-state index contributed by atoms with van der Waals surface area (Å²) in [6, 6.07) is 0. The molecule has 3 rings (SSSR count). The van der Waals surface area contributed by atoms with E-state index in [1.807, 2.05) is 17.7 Å². The van der Waals surface area contributed by atoms with E-state index in [-0.39, 0.29) is 46.6 Å². The van der Waals surface area contributed by atoms with E-state index in [4.69, 9.17) is 62.0 Å². The first-order valence-corrected chi connectivity index (χ1v) is 28.2. The summed E-state index contributed by atoms with van der Waals surface area (Å²) in [6.45, 7) is 2.27.